The third-order valence-electron chi connectivity index (χ3n) is 8.49. The number of hydrogen-bond donors (Lipinski definition) is 6. The van der Waals surface area contributed by atoms with Gasteiger partial charge in [0, 0.05) is 11.8 Å². The van der Waals surface area contributed by atoms with Crippen LogP contribution in [0.2, 0.25) is 0 Å². The molecule has 45 heavy (non-hydrogen) atoms. The van der Waals surface area contributed by atoms with Crippen LogP contribution >= 0.6 is 0 Å². The molecule has 1 unspecified atom stereocenters. The molecule has 5 atom stereocenters. The van der Waals surface area contributed by atoms with Crippen LogP contribution in [0, 0.1) is 11.8 Å². The molecule has 4 amide bonds. The quantitative estimate of drug-likeness (QED) is 0.0508. The summed E-state index contributed by atoms with van der Waals surface area (Å²) in [4.78, 5) is 62.6. The average Bonchev–Trinajstić information content (AvgIpc) is 3.01. The van der Waals surface area contributed by atoms with Gasteiger partial charge in [-0.3, -0.25) is 19.2 Å². The smallest absolute Gasteiger partial charge is 0.242 e. The first-order chi connectivity index (χ1) is 21.6. The minimum atomic E-state index is -0.948. The Balaban J connectivity index is 4.89. The van der Waals surface area contributed by atoms with E-state index in [0.29, 0.717) is 57.9 Å². The normalized spacial score (nSPS) is 14.5. The van der Waals surface area contributed by atoms with Crippen molar-refractivity contribution in [2.75, 3.05) is 13.1 Å². The molecule has 0 aliphatic heterocycles. The molecule has 0 heterocycles. The van der Waals surface area contributed by atoms with Crippen molar-refractivity contribution in [1.29, 1.82) is 0 Å². The second-order valence-corrected chi connectivity index (χ2v) is 12.6. The Morgan fingerprint density at radius 1 is 0.556 bits per heavy atom. The van der Waals surface area contributed by atoms with Crippen LogP contribution in [-0.2, 0) is 24.0 Å². The van der Waals surface area contributed by atoms with Crippen LogP contribution in [0.3, 0.4) is 0 Å². The van der Waals surface area contributed by atoms with E-state index in [-0.39, 0.29) is 0 Å². The fourth-order valence-electron chi connectivity index (χ4n) is 5.55. The van der Waals surface area contributed by atoms with Crippen LogP contribution in [0.15, 0.2) is 0 Å². The summed E-state index contributed by atoms with van der Waals surface area (Å²) in [5.74, 6) is -3.26. The van der Waals surface area contributed by atoms with Gasteiger partial charge in [-0.15, -0.1) is 0 Å². The highest BCUT2D eigenvalue weighted by Crippen LogP contribution is 2.25. The van der Waals surface area contributed by atoms with Gasteiger partial charge in [-0.05, 0) is 65.5 Å². The number of hydrogen-bond acceptors (Lipinski definition) is 7. The highest BCUT2D eigenvalue weighted by atomic mass is 16.2. The molecule has 0 fully saturated rings. The highest BCUT2D eigenvalue weighted by molar-refractivity contribution is 5.93. The third kappa shape index (κ3) is 21.0. The van der Waals surface area contributed by atoms with Gasteiger partial charge in [-0.1, -0.05) is 90.4 Å². The summed E-state index contributed by atoms with van der Waals surface area (Å²) in [6, 6.07) is -2.53. The summed E-state index contributed by atoms with van der Waals surface area (Å²) in [6.45, 7) is 6.25. The number of nitrogens with one attached hydrogen (secondary N) is 3. The number of amides is 4. The van der Waals surface area contributed by atoms with Gasteiger partial charge in [-0.25, -0.2) is 0 Å². The summed E-state index contributed by atoms with van der Waals surface area (Å²) in [6.07, 6.45) is 19.4. The molecule has 0 aliphatic carbocycles. The molecular weight excluding hydrogens is 572 g/mol. The van der Waals surface area contributed by atoms with E-state index in [1.54, 1.807) is 0 Å². The Morgan fingerprint density at radius 3 is 1.42 bits per heavy atom. The number of aldehydes is 1. The van der Waals surface area contributed by atoms with E-state index in [4.69, 9.17) is 17.2 Å². The molecule has 0 saturated carbocycles. The second kappa shape index (κ2) is 27.8. The number of nitrogens with two attached hydrogens (primary N) is 3. The van der Waals surface area contributed by atoms with Crippen molar-refractivity contribution in [3.05, 3.63) is 0 Å². The van der Waals surface area contributed by atoms with E-state index in [9.17, 15) is 24.0 Å². The number of carbonyl (C=O) groups excluding carboxylic acids is 5. The molecule has 0 rings (SSSR count). The van der Waals surface area contributed by atoms with Crippen molar-refractivity contribution in [1.82, 2.24) is 16.0 Å². The van der Waals surface area contributed by atoms with Gasteiger partial charge in [0.15, 0.2) is 0 Å². The number of primary amides is 1. The van der Waals surface area contributed by atoms with Crippen LogP contribution in [-0.4, -0.2) is 61.1 Å². The molecule has 9 N–H and O–H groups in total. The van der Waals surface area contributed by atoms with Crippen molar-refractivity contribution in [2.45, 2.75) is 161 Å². The Morgan fingerprint density at radius 2 is 0.956 bits per heavy atom. The Labute approximate surface area is 272 Å². The minimum absolute atomic E-state index is 0.407. The molecule has 0 aromatic carbocycles. The lowest BCUT2D eigenvalue weighted by atomic mass is 9.82. The number of rotatable bonds is 30. The molecule has 0 radical (unpaired) electrons. The summed E-state index contributed by atoms with van der Waals surface area (Å²) in [7, 11) is 0. The van der Waals surface area contributed by atoms with Gasteiger partial charge in [0.1, 0.15) is 18.4 Å². The summed E-state index contributed by atoms with van der Waals surface area (Å²) >= 11 is 0. The van der Waals surface area contributed by atoms with Crippen LogP contribution in [0.1, 0.15) is 143 Å². The fourth-order valence-corrected chi connectivity index (χ4v) is 5.55. The Kier molecular flexibility index (Phi) is 26.2. The summed E-state index contributed by atoms with van der Waals surface area (Å²) < 4.78 is 0. The molecule has 262 valence electrons. The molecule has 0 aliphatic rings. The second-order valence-electron chi connectivity index (χ2n) is 12.6. The van der Waals surface area contributed by atoms with E-state index in [0.717, 1.165) is 25.7 Å². The monoisotopic (exact) mass is 639 g/mol. The number of carbonyl (C=O) groups is 5. The van der Waals surface area contributed by atoms with Crippen molar-refractivity contribution in [3.8, 4) is 0 Å². The van der Waals surface area contributed by atoms with Gasteiger partial charge >= 0.3 is 0 Å². The van der Waals surface area contributed by atoms with Crippen molar-refractivity contribution in [3.63, 3.8) is 0 Å². The third-order valence-corrected chi connectivity index (χ3v) is 8.49. The number of unbranched alkanes of at least 4 members (excludes halogenated alkanes) is 13. The topological polar surface area (TPSA) is 200 Å². The van der Waals surface area contributed by atoms with Gasteiger partial charge in [0.25, 0.3) is 0 Å². The standard InChI is InChI=1S/C34H66N6O5/c1-4-5-6-7-8-9-10-11-12-13-14-15-21-29(31(37)42)30(22-17-19-24-36)34(45)39-26(2)32(43)38-27(3)33(44)40-28(25-41)20-16-18-23-35/h25-30H,4-24,35-36H2,1-3H3,(H2,37,42)(H,38,43)(H,39,45)(H,40,44)/t26-,27-,28-,29?,30-/m0/s1. The lowest BCUT2D eigenvalue weighted by Gasteiger charge is -2.26. The van der Waals surface area contributed by atoms with Crippen LogP contribution < -0.4 is 33.2 Å². The maximum Gasteiger partial charge on any atom is 0.242 e. The Bertz CT molecular complexity index is 827. The summed E-state index contributed by atoms with van der Waals surface area (Å²) in [5, 5.41) is 7.94. The zero-order valence-corrected chi connectivity index (χ0v) is 28.6. The van der Waals surface area contributed by atoms with Gasteiger partial charge in [0.05, 0.1) is 6.04 Å². The molecule has 0 spiro atoms. The fraction of sp³-hybridized carbons (Fsp3) is 0.853. The first kappa shape index (κ1) is 42.5. The van der Waals surface area contributed by atoms with Crippen LogP contribution in [0.4, 0.5) is 0 Å². The van der Waals surface area contributed by atoms with Crippen molar-refractivity contribution in [2.24, 2.45) is 29.0 Å². The molecular formula is C34H66N6O5. The van der Waals surface area contributed by atoms with Crippen molar-refractivity contribution < 1.29 is 24.0 Å². The molecule has 0 aromatic heterocycles. The van der Waals surface area contributed by atoms with Gasteiger partial charge in [0.2, 0.25) is 23.6 Å². The van der Waals surface area contributed by atoms with E-state index < -0.39 is 53.6 Å². The van der Waals surface area contributed by atoms with E-state index in [1.165, 1.54) is 71.6 Å². The van der Waals surface area contributed by atoms with E-state index in [1.807, 2.05) is 0 Å². The molecule has 0 bridgehead atoms. The predicted molar refractivity (Wildman–Crippen MR) is 181 cm³/mol. The SMILES string of the molecule is CCCCCCCCCCCCCCC(C(N)=O)[C@H](CCCCN)C(=O)N[C@@H](C)C(=O)N[C@@H](C)C(=O)N[C@H](C=O)CCCCN. The lowest BCUT2D eigenvalue weighted by Crippen LogP contribution is -2.54. The average molecular weight is 639 g/mol. The van der Waals surface area contributed by atoms with Gasteiger partial charge in [-0.2, -0.15) is 0 Å². The molecule has 11 heteroatoms. The van der Waals surface area contributed by atoms with Crippen molar-refractivity contribution >= 4 is 29.9 Å². The zero-order chi connectivity index (χ0) is 33.9. The highest BCUT2D eigenvalue weighted by Gasteiger charge is 2.33. The maximum absolute atomic E-state index is 13.4. The van der Waals surface area contributed by atoms with Gasteiger partial charge < -0.3 is 37.9 Å². The molecule has 0 aromatic rings. The lowest BCUT2D eigenvalue weighted by molar-refractivity contribution is -0.136. The zero-order valence-electron chi connectivity index (χ0n) is 28.6. The molecule has 0 saturated heterocycles. The first-order valence-corrected chi connectivity index (χ1v) is 17.7. The predicted octanol–water partition coefficient (Wildman–Crippen LogP) is 3.75. The molecule has 11 nitrogen and oxygen atoms in total. The van der Waals surface area contributed by atoms with Crippen LogP contribution in [0.25, 0.3) is 0 Å². The van der Waals surface area contributed by atoms with Crippen LogP contribution in [0.5, 0.6) is 0 Å². The first-order valence-electron chi connectivity index (χ1n) is 17.7. The van der Waals surface area contributed by atoms with E-state index in [2.05, 4.69) is 22.9 Å². The van der Waals surface area contributed by atoms with E-state index >= 15 is 0 Å². The maximum atomic E-state index is 13.4. The Hall–Kier alpha value is -2.53. The minimum Gasteiger partial charge on any atom is -0.369 e. The summed E-state index contributed by atoms with van der Waals surface area (Å²) in [5.41, 5.74) is 17.0. The largest absolute Gasteiger partial charge is 0.369 e.